The summed E-state index contributed by atoms with van der Waals surface area (Å²) >= 11 is 0. The standard InChI is InChI=1S/C25H25F5N4O2S/c26-24(27,15-31)22-13-17(11-12-32-22)16-1-6-20(7-2-16)37(35,36)21-8-4-19(5-9-21)34-23-10-3-18(14-33-23)25(28,29)30/h1-3,6-7,10-14,19,21H,4-5,8-9,15,31H2,(H,33,34)/t19-,21-. The number of hydrogen-bond donors (Lipinski definition) is 2. The number of halogens is 5. The first-order valence-corrected chi connectivity index (χ1v) is 13.1. The van der Waals surface area contributed by atoms with E-state index in [9.17, 15) is 30.4 Å². The maximum atomic E-state index is 13.9. The number of nitrogens with two attached hydrogens (primary N) is 1. The number of alkyl halides is 5. The minimum atomic E-state index is -4.46. The van der Waals surface area contributed by atoms with Gasteiger partial charge in [-0.25, -0.2) is 13.4 Å². The fourth-order valence-corrected chi connectivity index (χ4v) is 6.11. The van der Waals surface area contributed by atoms with Crippen LogP contribution < -0.4 is 11.1 Å². The zero-order chi connectivity index (χ0) is 26.8. The van der Waals surface area contributed by atoms with Crippen molar-refractivity contribution in [3.63, 3.8) is 0 Å². The number of rotatable bonds is 7. The number of aromatic nitrogens is 2. The number of nitrogens with zero attached hydrogens (tertiary/aromatic N) is 2. The lowest BCUT2D eigenvalue weighted by molar-refractivity contribution is -0.137. The summed E-state index contributed by atoms with van der Waals surface area (Å²) in [5.74, 6) is -2.96. The molecule has 0 saturated heterocycles. The largest absolute Gasteiger partial charge is 0.417 e. The van der Waals surface area contributed by atoms with Gasteiger partial charge in [-0.05, 0) is 73.2 Å². The van der Waals surface area contributed by atoms with Gasteiger partial charge in [0.25, 0.3) is 0 Å². The highest BCUT2D eigenvalue weighted by Gasteiger charge is 2.34. The molecule has 0 amide bonds. The molecule has 1 aliphatic carbocycles. The minimum absolute atomic E-state index is 0.106. The molecule has 0 bridgehead atoms. The number of benzene rings is 1. The Morgan fingerprint density at radius 2 is 1.57 bits per heavy atom. The van der Waals surface area contributed by atoms with Crippen molar-refractivity contribution in [2.45, 2.75) is 54.0 Å². The lowest BCUT2D eigenvalue weighted by Crippen LogP contribution is -2.33. The molecule has 1 fully saturated rings. The summed E-state index contributed by atoms with van der Waals surface area (Å²) < 4.78 is 92.3. The van der Waals surface area contributed by atoms with Gasteiger partial charge in [-0.1, -0.05) is 12.1 Å². The van der Waals surface area contributed by atoms with Crippen molar-refractivity contribution in [1.82, 2.24) is 9.97 Å². The van der Waals surface area contributed by atoms with Gasteiger partial charge in [0.05, 0.1) is 22.3 Å². The van der Waals surface area contributed by atoms with Crippen LogP contribution in [-0.4, -0.2) is 36.2 Å². The molecule has 0 atom stereocenters. The minimum Gasteiger partial charge on any atom is -0.367 e. The molecule has 37 heavy (non-hydrogen) atoms. The van der Waals surface area contributed by atoms with Gasteiger partial charge in [-0.2, -0.15) is 22.0 Å². The first-order chi connectivity index (χ1) is 17.4. The van der Waals surface area contributed by atoms with Crippen LogP contribution in [0.15, 0.2) is 65.8 Å². The molecule has 0 radical (unpaired) electrons. The Morgan fingerprint density at radius 1 is 0.892 bits per heavy atom. The summed E-state index contributed by atoms with van der Waals surface area (Å²) in [4.78, 5) is 7.64. The smallest absolute Gasteiger partial charge is 0.367 e. The van der Waals surface area contributed by atoms with E-state index in [-0.39, 0.29) is 10.9 Å². The molecule has 4 rings (SSSR count). The van der Waals surface area contributed by atoms with Gasteiger partial charge in [0.1, 0.15) is 11.5 Å². The summed E-state index contributed by atoms with van der Waals surface area (Å²) in [5.41, 5.74) is 4.86. The molecule has 0 spiro atoms. The molecule has 0 unspecified atom stereocenters. The molecule has 3 aromatic rings. The Labute approximate surface area is 211 Å². The van der Waals surface area contributed by atoms with Crippen LogP contribution in [0.4, 0.5) is 27.8 Å². The molecule has 2 aromatic heterocycles. The lowest BCUT2D eigenvalue weighted by Gasteiger charge is -2.29. The van der Waals surface area contributed by atoms with Crippen LogP contribution >= 0.6 is 0 Å². The Morgan fingerprint density at radius 3 is 2.14 bits per heavy atom. The predicted molar refractivity (Wildman–Crippen MR) is 129 cm³/mol. The van der Waals surface area contributed by atoms with Crippen LogP contribution in [0.25, 0.3) is 11.1 Å². The van der Waals surface area contributed by atoms with Crippen molar-refractivity contribution >= 4 is 15.7 Å². The van der Waals surface area contributed by atoms with E-state index >= 15 is 0 Å². The zero-order valence-electron chi connectivity index (χ0n) is 19.6. The van der Waals surface area contributed by atoms with E-state index in [0.717, 1.165) is 12.3 Å². The summed E-state index contributed by atoms with van der Waals surface area (Å²) in [5, 5.41) is 2.47. The maximum absolute atomic E-state index is 13.9. The third-order valence-corrected chi connectivity index (χ3v) is 8.74. The zero-order valence-corrected chi connectivity index (χ0v) is 20.4. The van der Waals surface area contributed by atoms with Gasteiger partial charge in [-0.15, -0.1) is 0 Å². The maximum Gasteiger partial charge on any atom is 0.417 e. The highest BCUT2D eigenvalue weighted by atomic mass is 32.2. The van der Waals surface area contributed by atoms with Crippen LogP contribution in [0.5, 0.6) is 0 Å². The molecule has 12 heteroatoms. The van der Waals surface area contributed by atoms with E-state index in [1.54, 1.807) is 18.2 Å². The lowest BCUT2D eigenvalue weighted by atomic mass is 9.95. The van der Waals surface area contributed by atoms with E-state index in [1.807, 2.05) is 0 Å². The first-order valence-electron chi connectivity index (χ1n) is 11.6. The van der Waals surface area contributed by atoms with Gasteiger partial charge >= 0.3 is 12.1 Å². The van der Waals surface area contributed by atoms with E-state index in [2.05, 4.69) is 15.3 Å². The fourth-order valence-electron chi connectivity index (χ4n) is 4.32. The summed E-state index contributed by atoms with van der Waals surface area (Å²) in [6.45, 7) is -0.876. The second-order valence-corrected chi connectivity index (χ2v) is 11.2. The quantitative estimate of drug-likeness (QED) is 0.389. The Hall–Kier alpha value is -3.12. The first kappa shape index (κ1) is 26.9. The van der Waals surface area contributed by atoms with Crippen molar-refractivity contribution in [1.29, 1.82) is 0 Å². The van der Waals surface area contributed by atoms with Gasteiger partial charge in [0.15, 0.2) is 9.84 Å². The molecule has 0 aliphatic heterocycles. The van der Waals surface area contributed by atoms with Crippen molar-refractivity contribution in [2.24, 2.45) is 5.73 Å². The van der Waals surface area contributed by atoms with Gasteiger partial charge in [0.2, 0.25) is 0 Å². The van der Waals surface area contributed by atoms with Crippen LogP contribution in [0, 0.1) is 0 Å². The van der Waals surface area contributed by atoms with Gasteiger partial charge < -0.3 is 11.1 Å². The van der Waals surface area contributed by atoms with E-state index in [0.29, 0.717) is 42.6 Å². The monoisotopic (exact) mass is 540 g/mol. The van der Waals surface area contributed by atoms with E-state index in [4.69, 9.17) is 5.73 Å². The van der Waals surface area contributed by atoms with E-state index < -0.39 is 45.0 Å². The SMILES string of the molecule is NCC(F)(F)c1cc(-c2ccc(S(=O)(=O)[C@H]3CC[C@H](Nc4ccc(C(F)(F)F)cn4)CC3)cc2)ccn1. The Bertz CT molecular complexity index is 1320. The number of hydrogen-bond acceptors (Lipinski definition) is 6. The van der Waals surface area contributed by atoms with Gasteiger partial charge in [0, 0.05) is 18.4 Å². The molecular weight excluding hydrogens is 515 g/mol. The predicted octanol–water partition coefficient (Wildman–Crippen LogP) is 5.41. The van der Waals surface area contributed by atoms with E-state index in [1.165, 1.54) is 30.5 Å². The topological polar surface area (TPSA) is 98.0 Å². The second kappa shape index (κ2) is 10.3. The average Bonchev–Trinajstić information content (AvgIpc) is 2.89. The highest BCUT2D eigenvalue weighted by Crippen LogP contribution is 2.33. The number of anilines is 1. The Kier molecular flexibility index (Phi) is 7.52. The third-order valence-electron chi connectivity index (χ3n) is 6.46. The summed E-state index contributed by atoms with van der Waals surface area (Å²) in [6, 6.07) is 10.9. The molecule has 198 valence electrons. The number of nitrogens with one attached hydrogen (secondary N) is 1. The van der Waals surface area contributed by atoms with Crippen molar-refractivity contribution in [2.75, 3.05) is 11.9 Å². The highest BCUT2D eigenvalue weighted by molar-refractivity contribution is 7.92. The van der Waals surface area contributed by atoms with Crippen molar-refractivity contribution < 1.29 is 30.4 Å². The van der Waals surface area contributed by atoms with Gasteiger partial charge in [-0.3, -0.25) is 4.98 Å². The van der Waals surface area contributed by atoms with Crippen LogP contribution in [-0.2, 0) is 21.9 Å². The molecule has 2 heterocycles. The normalized spacial score (nSPS) is 19.0. The van der Waals surface area contributed by atoms with Crippen LogP contribution in [0.1, 0.15) is 36.9 Å². The molecule has 1 aliphatic rings. The van der Waals surface area contributed by atoms with Crippen molar-refractivity contribution in [3.05, 3.63) is 72.2 Å². The summed E-state index contributed by atoms with van der Waals surface area (Å²) in [6.07, 6.45) is -0.658. The number of pyridine rings is 2. The summed E-state index contributed by atoms with van der Waals surface area (Å²) in [7, 11) is -3.63. The molecule has 1 saturated carbocycles. The van der Waals surface area contributed by atoms with Crippen LogP contribution in [0.2, 0.25) is 0 Å². The molecule has 1 aromatic carbocycles. The fraction of sp³-hybridized carbons (Fsp3) is 0.360. The number of sulfone groups is 1. The molecule has 3 N–H and O–H groups in total. The second-order valence-electron chi connectivity index (χ2n) is 8.96. The van der Waals surface area contributed by atoms with Crippen molar-refractivity contribution in [3.8, 4) is 11.1 Å². The molecule has 6 nitrogen and oxygen atoms in total. The average molecular weight is 541 g/mol. The third kappa shape index (κ3) is 6.07. The van der Waals surface area contributed by atoms with Crippen LogP contribution in [0.3, 0.4) is 0 Å². The Balaban J connectivity index is 1.39. The molecular formula is C25H25F5N4O2S.